The minimum atomic E-state index is 0.134. The Hall–Kier alpha value is -1.51. The van der Waals surface area contributed by atoms with Crippen LogP contribution in [0.1, 0.15) is 31.7 Å². The molecule has 1 saturated heterocycles. The van der Waals surface area contributed by atoms with E-state index in [0.717, 1.165) is 12.3 Å². The minimum Gasteiger partial charge on any atom is -0.493 e. The van der Waals surface area contributed by atoms with Crippen LogP contribution < -0.4 is 10.1 Å². The number of nitrogens with one attached hydrogen (secondary N) is 1. The SMILES string of the molecule is CC(C)c1cccc(OC[C@@H]2CNC(=O)C2)c1. The molecule has 1 aliphatic heterocycles. The number of ether oxygens (including phenoxy) is 1. The lowest BCUT2D eigenvalue weighted by atomic mass is 10.0. The summed E-state index contributed by atoms with van der Waals surface area (Å²) in [5, 5.41) is 2.82. The molecule has 0 spiro atoms. The van der Waals surface area contributed by atoms with Gasteiger partial charge in [-0.3, -0.25) is 4.79 Å². The highest BCUT2D eigenvalue weighted by atomic mass is 16.5. The van der Waals surface area contributed by atoms with Gasteiger partial charge in [0.1, 0.15) is 5.75 Å². The van der Waals surface area contributed by atoms with Gasteiger partial charge in [0.05, 0.1) is 6.61 Å². The maximum absolute atomic E-state index is 11.0. The fraction of sp³-hybridized carbons (Fsp3) is 0.500. The smallest absolute Gasteiger partial charge is 0.220 e. The van der Waals surface area contributed by atoms with Crippen molar-refractivity contribution in [1.29, 1.82) is 0 Å². The third-order valence-corrected chi connectivity index (χ3v) is 3.07. The maximum Gasteiger partial charge on any atom is 0.220 e. The predicted molar refractivity (Wildman–Crippen MR) is 67.1 cm³/mol. The van der Waals surface area contributed by atoms with E-state index < -0.39 is 0 Å². The average Bonchev–Trinajstić information content (AvgIpc) is 2.73. The van der Waals surface area contributed by atoms with Crippen molar-refractivity contribution >= 4 is 5.91 Å². The summed E-state index contributed by atoms with van der Waals surface area (Å²) >= 11 is 0. The Morgan fingerprint density at radius 1 is 1.47 bits per heavy atom. The lowest BCUT2D eigenvalue weighted by Crippen LogP contribution is -2.16. The van der Waals surface area contributed by atoms with Gasteiger partial charge in [0, 0.05) is 18.9 Å². The summed E-state index contributed by atoms with van der Waals surface area (Å²) in [5.74, 6) is 1.85. The Balaban J connectivity index is 1.90. The van der Waals surface area contributed by atoms with Crippen molar-refractivity contribution in [3.05, 3.63) is 29.8 Å². The molecule has 2 rings (SSSR count). The molecule has 1 N–H and O–H groups in total. The second-order valence-corrected chi connectivity index (χ2v) is 4.91. The van der Waals surface area contributed by atoms with Crippen LogP contribution in [0.25, 0.3) is 0 Å². The molecule has 1 aromatic rings. The number of rotatable bonds is 4. The van der Waals surface area contributed by atoms with Gasteiger partial charge >= 0.3 is 0 Å². The minimum absolute atomic E-state index is 0.134. The Morgan fingerprint density at radius 2 is 2.29 bits per heavy atom. The lowest BCUT2D eigenvalue weighted by molar-refractivity contribution is -0.119. The summed E-state index contributed by atoms with van der Waals surface area (Å²) in [6, 6.07) is 8.17. The van der Waals surface area contributed by atoms with E-state index in [-0.39, 0.29) is 5.91 Å². The van der Waals surface area contributed by atoms with Gasteiger partial charge in [-0.2, -0.15) is 0 Å². The number of hydrogen-bond donors (Lipinski definition) is 1. The zero-order chi connectivity index (χ0) is 12.3. The first-order chi connectivity index (χ1) is 8.15. The van der Waals surface area contributed by atoms with Crippen LogP contribution in [0.2, 0.25) is 0 Å². The molecule has 1 amide bonds. The Bertz CT molecular complexity index is 401. The van der Waals surface area contributed by atoms with E-state index in [1.807, 2.05) is 12.1 Å². The topological polar surface area (TPSA) is 38.3 Å². The summed E-state index contributed by atoms with van der Waals surface area (Å²) in [6.07, 6.45) is 0.587. The van der Waals surface area contributed by atoms with Crippen molar-refractivity contribution in [3.63, 3.8) is 0 Å². The molecular weight excluding hydrogens is 214 g/mol. The molecule has 3 nitrogen and oxygen atoms in total. The van der Waals surface area contributed by atoms with Crippen LogP contribution in [0, 0.1) is 5.92 Å². The van der Waals surface area contributed by atoms with E-state index in [0.29, 0.717) is 24.9 Å². The summed E-state index contributed by atoms with van der Waals surface area (Å²) < 4.78 is 5.74. The molecule has 3 heteroatoms. The quantitative estimate of drug-likeness (QED) is 0.866. The molecule has 1 aromatic carbocycles. The van der Waals surface area contributed by atoms with Gasteiger partial charge in [-0.1, -0.05) is 26.0 Å². The zero-order valence-corrected chi connectivity index (χ0v) is 10.4. The Labute approximate surface area is 102 Å². The molecule has 1 atom stereocenters. The normalized spacial score (nSPS) is 19.5. The largest absolute Gasteiger partial charge is 0.493 e. The molecule has 0 radical (unpaired) electrons. The highest BCUT2D eigenvalue weighted by molar-refractivity contribution is 5.78. The number of hydrogen-bond acceptors (Lipinski definition) is 2. The van der Waals surface area contributed by atoms with Gasteiger partial charge in [0.15, 0.2) is 0 Å². The monoisotopic (exact) mass is 233 g/mol. The fourth-order valence-corrected chi connectivity index (χ4v) is 1.96. The molecule has 92 valence electrons. The van der Waals surface area contributed by atoms with Gasteiger partial charge in [0.2, 0.25) is 5.91 Å². The van der Waals surface area contributed by atoms with Crippen molar-refractivity contribution < 1.29 is 9.53 Å². The van der Waals surface area contributed by atoms with Gasteiger partial charge in [-0.15, -0.1) is 0 Å². The van der Waals surface area contributed by atoms with Crippen LogP contribution in [0.3, 0.4) is 0 Å². The number of carbonyl (C=O) groups excluding carboxylic acids is 1. The number of amides is 1. The predicted octanol–water partition coefficient (Wildman–Crippen LogP) is 2.32. The second-order valence-electron chi connectivity index (χ2n) is 4.91. The maximum atomic E-state index is 11.0. The molecule has 0 bridgehead atoms. The van der Waals surface area contributed by atoms with Crippen LogP contribution in [0.4, 0.5) is 0 Å². The molecule has 1 fully saturated rings. The first kappa shape index (κ1) is 12.0. The van der Waals surface area contributed by atoms with Crippen LogP contribution >= 0.6 is 0 Å². The van der Waals surface area contributed by atoms with Crippen molar-refractivity contribution in [2.45, 2.75) is 26.2 Å². The molecule has 0 aliphatic carbocycles. The highest BCUT2D eigenvalue weighted by Crippen LogP contribution is 2.21. The number of benzene rings is 1. The van der Waals surface area contributed by atoms with Crippen molar-refractivity contribution in [2.75, 3.05) is 13.2 Å². The first-order valence-electron chi connectivity index (χ1n) is 6.14. The Morgan fingerprint density at radius 3 is 2.94 bits per heavy atom. The van der Waals surface area contributed by atoms with Gasteiger partial charge < -0.3 is 10.1 Å². The zero-order valence-electron chi connectivity index (χ0n) is 10.4. The summed E-state index contributed by atoms with van der Waals surface area (Å²) in [7, 11) is 0. The van der Waals surface area contributed by atoms with E-state index in [9.17, 15) is 4.79 Å². The molecule has 1 heterocycles. The number of carbonyl (C=O) groups is 1. The standard InChI is InChI=1S/C14H19NO2/c1-10(2)12-4-3-5-13(7-12)17-9-11-6-14(16)15-8-11/h3-5,7,10-11H,6,8-9H2,1-2H3,(H,15,16)/t11-/m0/s1. The van der Waals surface area contributed by atoms with Crippen LogP contribution in [0.5, 0.6) is 5.75 Å². The third kappa shape index (κ3) is 3.22. The summed E-state index contributed by atoms with van der Waals surface area (Å²) in [5.41, 5.74) is 1.28. The molecule has 0 aromatic heterocycles. The van der Waals surface area contributed by atoms with Crippen molar-refractivity contribution in [1.82, 2.24) is 5.32 Å². The molecule has 0 saturated carbocycles. The molecule has 1 aliphatic rings. The molecule has 0 unspecified atom stereocenters. The summed E-state index contributed by atoms with van der Waals surface area (Å²) in [6.45, 7) is 5.68. The third-order valence-electron chi connectivity index (χ3n) is 3.07. The van der Waals surface area contributed by atoms with E-state index in [4.69, 9.17) is 4.74 Å². The highest BCUT2D eigenvalue weighted by Gasteiger charge is 2.21. The average molecular weight is 233 g/mol. The lowest BCUT2D eigenvalue weighted by Gasteiger charge is -2.12. The second kappa shape index (κ2) is 5.21. The van der Waals surface area contributed by atoms with Crippen LogP contribution in [0.15, 0.2) is 24.3 Å². The van der Waals surface area contributed by atoms with Crippen LogP contribution in [-0.4, -0.2) is 19.1 Å². The summed E-state index contributed by atoms with van der Waals surface area (Å²) in [4.78, 5) is 11.0. The van der Waals surface area contributed by atoms with E-state index in [1.54, 1.807) is 0 Å². The van der Waals surface area contributed by atoms with Crippen molar-refractivity contribution in [2.24, 2.45) is 5.92 Å². The van der Waals surface area contributed by atoms with Crippen molar-refractivity contribution in [3.8, 4) is 5.75 Å². The fourth-order valence-electron chi connectivity index (χ4n) is 1.96. The first-order valence-corrected chi connectivity index (χ1v) is 6.14. The van der Waals surface area contributed by atoms with Gasteiger partial charge in [0.25, 0.3) is 0 Å². The van der Waals surface area contributed by atoms with E-state index >= 15 is 0 Å². The van der Waals surface area contributed by atoms with Gasteiger partial charge in [-0.05, 0) is 23.6 Å². The Kier molecular flexibility index (Phi) is 3.67. The molecular formula is C14H19NO2. The molecule has 17 heavy (non-hydrogen) atoms. The van der Waals surface area contributed by atoms with E-state index in [1.165, 1.54) is 5.56 Å². The van der Waals surface area contributed by atoms with E-state index in [2.05, 4.69) is 31.3 Å². The van der Waals surface area contributed by atoms with Gasteiger partial charge in [-0.25, -0.2) is 0 Å². The van der Waals surface area contributed by atoms with Crippen LogP contribution in [-0.2, 0) is 4.79 Å².